The van der Waals surface area contributed by atoms with Gasteiger partial charge in [0.15, 0.2) is 0 Å². The van der Waals surface area contributed by atoms with Gasteiger partial charge in [0.25, 0.3) is 0 Å². The molecular weight excluding hydrogens is 268 g/mol. The quantitative estimate of drug-likeness (QED) is 0.839. The zero-order chi connectivity index (χ0) is 14.5. The van der Waals surface area contributed by atoms with Gasteiger partial charge in [-0.05, 0) is 41.2 Å². The van der Waals surface area contributed by atoms with E-state index in [1.54, 1.807) is 0 Å². The van der Waals surface area contributed by atoms with Crippen molar-refractivity contribution in [1.29, 1.82) is 0 Å². The Morgan fingerprint density at radius 1 is 0.900 bits per heavy atom. The molecule has 0 amide bonds. The normalized spacial score (nSPS) is 12.7. The van der Waals surface area contributed by atoms with Crippen molar-refractivity contribution in [1.82, 2.24) is 0 Å². The molecule has 0 radical (unpaired) electrons. The Balaban J connectivity index is 2.11. The van der Waals surface area contributed by atoms with Gasteiger partial charge in [-0.3, -0.25) is 0 Å². The Labute approximate surface area is 126 Å². The fourth-order valence-corrected chi connectivity index (χ4v) is 2.47. The first kappa shape index (κ1) is 15.1. The zero-order valence-electron chi connectivity index (χ0n) is 12.0. The molecule has 1 unspecified atom stereocenters. The lowest BCUT2D eigenvalue weighted by Gasteiger charge is -2.15. The van der Waals surface area contributed by atoms with Crippen molar-refractivity contribution in [3.8, 4) is 0 Å². The second-order valence-corrected chi connectivity index (χ2v) is 5.97. The van der Waals surface area contributed by atoms with Crippen LogP contribution >= 0.6 is 11.6 Å². The van der Waals surface area contributed by atoms with E-state index in [4.69, 9.17) is 11.6 Å². The van der Waals surface area contributed by atoms with Crippen molar-refractivity contribution in [2.45, 2.75) is 32.1 Å². The number of aliphatic hydroxyl groups is 1. The largest absolute Gasteiger partial charge is 0.396 e. The van der Waals surface area contributed by atoms with Gasteiger partial charge in [-0.2, -0.15) is 0 Å². The molecule has 1 nitrogen and oxygen atoms in total. The standard InChI is InChI=1S/C18H21ClO/c1-13(2)15-5-3-14(4-6-15)11-17(12-20)16-7-9-18(19)10-8-16/h3-10,13,17,20H,11-12H2,1-2H3. The van der Waals surface area contributed by atoms with Crippen LogP contribution in [0.3, 0.4) is 0 Å². The van der Waals surface area contributed by atoms with E-state index < -0.39 is 0 Å². The lowest BCUT2D eigenvalue weighted by Crippen LogP contribution is -2.07. The lowest BCUT2D eigenvalue weighted by molar-refractivity contribution is 0.264. The summed E-state index contributed by atoms with van der Waals surface area (Å²) in [5.74, 6) is 0.672. The van der Waals surface area contributed by atoms with E-state index in [1.165, 1.54) is 11.1 Å². The van der Waals surface area contributed by atoms with Crippen LogP contribution < -0.4 is 0 Å². The van der Waals surface area contributed by atoms with Crippen molar-refractivity contribution in [3.63, 3.8) is 0 Å². The molecule has 0 saturated carbocycles. The molecule has 1 N–H and O–H groups in total. The summed E-state index contributed by atoms with van der Waals surface area (Å²) >= 11 is 5.90. The van der Waals surface area contributed by atoms with Crippen molar-refractivity contribution in [2.24, 2.45) is 0 Å². The molecule has 0 bridgehead atoms. The maximum absolute atomic E-state index is 9.62. The molecule has 20 heavy (non-hydrogen) atoms. The number of rotatable bonds is 5. The first-order valence-electron chi connectivity index (χ1n) is 7.05. The van der Waals surface area contributed by atoms with Crippen LogP contribution in [0.2, 0.25) is 5.02 Å². The van der Waals surface area contributed by atoms with Gasteiger partial charge in [0, 0.05) is 10.9 Å². The molecule has 0 heterocycles. The molecule has 2 aromatic carbocycles. The van der Waals surface area contributed by atoms with Crippen LogP contribution in [0, 0.1) is 0 Å². The van der Waals surface area contributed by atoms with Crippen LogP contribution in [0.5, 0.6) is 0 Å². The molecular formula is C18H21ClO. The highest BCUT2D eigenvalue weighted by Gasteiger charge is 2.11. The van der Waals surface area contributed by atoms with Gasteiger partial charge in [0.2, 0.25) is 0 Å². The summed E-state index contributed by atoms with van der Waals surface area (Å²) in [7, 11) is 0. The van der Waals surface area contributed by atoms with Crippen molar-refractivity contribution in [3.05, 3.63) is 70.2 Å². The average molecular weight is 289 g/mol. The van der Waals surface area contributed by atoms with E-state index in [2.05, 4.69) is 38.1 Å². The second kappa shape index (κ2) is 6.92. The fraction of sp³-hybridized carbons (Fsp3) is 0.333. The predicted molar refractivity (Wildman–Crippen MR) is 85.5 cm³/mol. The molecule has 0 saturated heterocycles. The second-order valence-electron chi connectivity index (χ2n) is 5.53. The third-order valence-corrected chi connectivity index (χ3v) is 3.94. The van der Waals surface area contributed by atoms with Gasteiger partial charge in [-0.1, -0.05) is 61.8 Å². The zero-order valence-corrected chi connectivity index (χ0v) is 12.8. The molecule has 0 aromatic heterocycles. The Morgan fingerprint density at radius 2 is 1.45 bits per heavy atom. The first-order chi connectivity index (χ1) is 9.60. The Hall–Kier alpha value is -1.31. The molecule has 0 aliphatic rings. The molecule has 0 fully saturated rings. The number of aliphatic hydroxyl groups excluding tert-OH is 1. The maximum Gasteiger partial charge on any atom is 0.0502 e. The van der Waals surface area contributed by atoms with Crippen LogP contribution in [0.1, 0.15) is 42.4 Å². The summed E-state index contributed by atoms with van der Waals surface area (Å²) in [6, 6.07) is 16.4. The number of benzene rings is 2. The molecule has 106 valence electrons. The topological polar surface area (TPSA) is 20.2 Å². The minimum atomic E-state index is 0.122. The monoisotopic (exact) mass is 288 g/mol. The van der Waals surface area contributed by atoms with E-state index in [0.717, 1.165) is 17.0 Å². The van der Waals surface area contributed by atoms with E-state index in [0.29, 0.717) is 5.92 Å². The third-order valence-electron chi connectivity index (χ3n) is 3.69. The Morgan fingerprint density at radius 3 is 1.95 bits per heavy atom. The predicted octanol–water partition coefficient (Wildman–Crippen LogP) is 4.78. The van der Waals surface area contributed by atoms with Crippen LogP contribution in [0.15, 0.2) is 48.5 Å². The van der Waals surface area contributed by atoms with Gasteiger partial charge < -0.3 is 5.11 Å². The molecule has 0 aliphatic heterocycles. The lowest BCUT2D eigenvalue weighted by atomic mass is 9.91. The van der Waals surface area contributed by atoms with E-state index in [1.807, 2.05) is 24.3 Å². The summed E-state index contributed by atoms with van der Waals surface area (Å²) in [5.41, 5.74) is 3.73. The fourth-order valence-electron chi connectivity index (χ4n) is 2.35. The van der Waals surface area contributed by atoms with Gasteiger partial charge in [0.05, 0.1) is 6.61 Å². The smallest absolute Gasteiger partial charge is 0.0502 e. The maximum atomic E-state index is 9.62. The van der Waals surface area contributed by atoms with Gasteiger partial charge in [-0.25, -0.2) is 0 Å². The number of hydrogen-bond donors (Lipinski definition) is 1. The Bertz CT molecular complexity index is 528. The molecule has 2 aromatic rings. The highest BCUT2D eigenvalue weighted by Crippen LogP contribution is 2.23. The summed E-state index contributed by atoms with van der Waals surface area (Å²) in [6.45, 7) is 4.53. The summed E-state index contributed by atoms with van der Waals surface area (Å²) in [5, 5.41) is 10.3. The number of hydrogen-bond acceptors (Lipinski definition) is 1. The average Bonchev–Trinajstić information content (AvgIpc) is 2.46. The van der Waals surface area contributed by atoms with Crippen molar-refractivity contribution >= 4 is 11.6 Å². The Kier molecular flexibility index (Phi) is 5.22. The van der Waals surface area contributed by atoms with Crippen LogP contribution in [0.25, 0.3) is 0 Å². The molecule has 2 heteroatoms. The van der Waals surface area contributed by atoms with Crippen molar-refractivity contribution < 1.29 is 5.11 Å². The summed E-state index contributed by atoms with van der Waals surface area (Å²) < 4.78 is 0. The highest BCUT2D eigenvalue weighted by atomic mass is 35.5. The number of halogens is 1. The summed E-state index contributed by atoms with van der Waals surface area (Å²) in [6.07, 6.45) is 0.844. The summed E-state index contributed by atoms with van der Waals surface area (Å²) in [4.78, 5) is 0. The molecule has 2 rings (SSSR count). The minimum Gasteiger partial charge on any atom is -0.396 e. The third kappa shape index (κ3) is 3.84. The van der Waals surface area contributed by atoms with Gasteiger partial charge in [0.1, 0.15) is 0 Å². The van der Waals surface area contributed by atoms with E-state index >= 15 is 0 Å². The highest BCUT2D eigenvalue weighted by molar-refractivity contribution is 6.30. The van der Waals surface area contributed by atoms with E-state index in [-0.39, 0.29) is 12.5 Å². The minimum absolute atomic E-state index is 0.122. The van der Waals surface area contributed by atoms with Crippen LogP contribution in [-0.2, 0) is 6.42 Å². The van der Waals surface area contributed by atoms with Crippen molar-refractivity contribution in [2.75, 3.05) is 6.61 Å². The van der Waals surface area contributed by atoms with E-state index in [9.17, 15) is 5.11 Å². The first-order valence-corrected chi connectivity index (χ1v) is 7.43. The van der Waals surface area contributed by atoms with Crippen LogP contribution in [0.4, 0.5) is 0 Å². The SMILES string of the molecule is CC(C)c1ccc(CC(CO)c2ccc(Cl)cc2)cc1. The molecule has 0 aliphatic carbocycles. The van der Waals surface area contributed by atoms with Gasteiger partial charge in [-0.15, -0.1) is 0 Å². The molecule has 1 atom stereocenters. The van der Waals surface area contributed by atoms with Crippen LogP contribution in [-0.4, -0.2) is 11.7 Å². The molecule has 0 spiro atoms. The van der Waals surface area contributed by atoms with Gasteiger partial charge >= 0.3 is 0 Å².